The van der Waals surface area contributed by atoms with Gasteiger partial charge in [0.2, 0.25) is 5.89 Å². The second-order valence-corrected chi connectivity index (χ2v) is 7.31. The van der Waals surface area contributed by atoms with Gasteiger partial charge in [0.15, 0.2) is 5.96 Å². The molecule has 1 aromatic carbocycles. The predicted octanol–water partition coefficient (Wildman–Crippen LogP) is 3.92. The molecule has 0 amide bonds. The van der Waals surface area contributed by atoms with E-state index in [4.69, 9.17) is 16.0 Å². The van der Waals surface area contributed by atoms with Gasteiger partial charge in [0.05, 0.1) is 6.20 Å². The molecule has 0 unspecified atom stereocenters. The third-order valence-corrected chi connectivity index (χ3v) is 3.84. The predicted molar refractivity (Wildman–Crippen MR) is 103 cm³/mol. The van der Waals surface area contributed by atoms with Crippen LogP contribution in [0.1, 0.15) is 44.9 Å². The van der Waals surface area contributed by atoms with Gasteiger partial charge in [-0.15, -0.1) is 0 Å². The molecule has 0 saturated carbocycles. The minimum absolute atomic E-state index is 0.0470. The lowest BCUT2D eigenvalue weighted by molar-refractivity contribution is 0.383. The van der Waals surface area contributed by atoms with Gasteiger partial charge in [0, 0.05) is 23.5 Å². The maximum absolute atomic E-state index is 6.01. The lowest BCUT2D eigenvalue weighted by Crippen LogP contribution is -2.38. The summed E-state index contributed by atoms with van der Waals surface area (Å²) in [5, 5.41) is 7.31. The van der Waals surface area contributed by atoms with Gasteiger partial charge in [-0.05, 0) is 31.0 Å². The Labute approximate surface area is 154 Å². The quantitative estimate of drug-likeness (QED) is 0.603. The van der Waals surface area contributed by atoms with Crippen LogP contribution >= 0.6 is 11.6 Å². The van der Waals surface area contributed by atoms with Gasteiger partial charge >= 0.3 is 0 Å². The number of nitrogens with one attached hydrogen (secondary N) is 2. The molecule has 0 radical (unpaired) electrons. The highest BCUT2D eigenvalue weighted by molar-refractivity contribution is 6.30. The number of nitrogens with zero attached hydrogens (tertiary/aromatic N) is 2. The maximum atomic E-state index is 6.01. The molecule has 0 aliphatic carbocycles. The molecular formula is C19H27ClN4O. The van der Waals surface area contributed by atoms with E-state index in [2.05, 4.69) is 47.4 Å². The van der Waals surface area contributed by atoms with E-state index in [0.29, 0.717) is 12.4 Å². The number of rotatable bonds is 6. The van der Waals surface area contributed by atoms with Crippen molar-refractivity contribution in [2.45, 2.75) is 46.1 Å². The highest BCUT2D eigenvalue weighted by Crippen LogP contribution is 2.22. The second-order valence-electron chi connectivity index (χ2n) is 6.87. The molecule has 0 bridgehead atoms. The van der Waals surface area contributed by atoms with Crippen LogP contribution in [0.15, 0.2) is 39.9 Å². The van der Waals surface area contributed by atoms with Crippen molar-refractivity contribution >= 4 is 17.6 Å². The molecule has 2 aromatic rings. The second kappa shape index (κ2) is 8.90. The number of hydrogen-bond acceptors (Lipinski definition) is 3. The van der Waals surface area contributed by atoms with Crippen LogP contribution in [0, 0.1) is 0 Å². The number of hydrogen-bond donors (Lipinski definition) is 2. The first kappa shape index (κ1) is 19.3. The minimum atomic E-state index is -0.0470. The number of aromatic nitrogens is 1. The smallest absolute Gasteiger partial charge is 0.216 e. The molecule has 2 rings (SSSR count). The Hall–Kier alpha value is -2.01. The van der Waals surface area contributed by atoms with E-state index in [9.17, 15) is 0 Å². The van der Waals surface area contributed by atoms with Gasteiger partial charge < -0.3 is 15.1 Å². The van der Waals surface area contributed by atoms with Crippen LogP contribution < -0.4 is 10.6 Å². The van der Waals surface area contributed by atoms with Crippen LogP contribution in [0.5, 0.6) is 0 Å². The highest BCUT2D eigenvalue weighted by Gasteiger charge is 2.18. The molecule has 0 atom stereocenters. The van der Waals surface area contributed by atoms with Gasteiger partial charge in [-0.1, -0.05) is 44.5 Å². The molecule has 2 N–H and O–H groups in total. The number of halogens is 1. The highest BCUT2D eigenvalue weighted by atomic mass is 35.5. The van der Waals surface area contributed by atoms with Crippen molar-refractivity contribution < 1.29 is 4.42 Å². The Kier molecular flexibility index (Phi) is 6.88. The first-order valence-electron chi connectivity index (χ1n) is 8.60. The number of guanidine groups is 1. The molecule has 1 heterocycles. The average Bonchev–Trinajstić information content (AvgIpc) is 3.02. The Balaban J connectivity index is 1.90. The lowest BCUT2D eigenvalue weighted by atomic mass is 9.94. The molecule has 5 nitrogen and oxygen atoms in total. The normalized spacial score (nSPS) is 12.3. The van der Waals surface area contributed by atoms with Crippen molar-refractivity contribution in [3.63, 3.8) is 0 Å². The summed E-state index contributed by atoms with van der Waals surface area (Å²) in [6.07, 6.45) is 2.66. The summed E-state index contributed by atoms with van der Waals surface area (Å²) in [4.78, 5) is 8.85. The topological polar surface area (TPSA) is 62.5 Å². The lowest BCUT2D eigenvalue weighted by Gasteiger charge is -2.13. The fourth-order valence-corrected chi connectivity index (χ4v) is 2.45. The standard InChI is InChI=1S/C19H27ClN4O/c1-5-21-18(22-10-9-14-7-6-8-15(20)11-14)24-13-17-23-12-16(25-17)19(2,3)4/h6-8,11-12H,5,9-10,13H2,1-4H3,(H2,21,22,24). The van der Waals surface area contributed by atoms with E-state index in [-0.39, 0.29) is 5.41 Å². The van der Waals surface area contributed by atoms with Gasteiger partial charge in [0.1, 0.15) is 12.3 Å². The maximum Gasteiger partial charge on any atom is 0.216 e. The van der Waals surface area contributed by atoms with Crippen molar-refractivity contribution in [2.24, 2.45) is 4.99 Å². The molecule has 0 aliphatic rings. The summed E-state index contributed by atoms with van der Waals surface area (Å²) in [5.41, 5.74) is 1.15. The summed E-state index contributed by atoms with van der Waals surface area (Å²) in [7, 11) is 0. The summed E-state index contributed by atoms with van der Waals surface area (Å²) in [6.45, 7) is 10.3. The summed E-state index contributed by atoms with van der Waals surface area (Å²) in [6, 6.07) is 7.89. The van der Waals surface area contributed by atoms with Crippen LogP contribution in [0.2, 0.25) is 5.02 Å². The fourth-order valence-electron chi connectivity index (χ4n) is 2.24. The van der Waals surface area contributed by atoms with Crippen LogP contribution in [0.3, 0.4) is 0 Å². The number of aliphatic imine (C=N–C) groups is 1. The largest absolute Gasteiger partial charge is 0.443 e. The van der Waals surface area contributed by atoms with Crippen molar-refractivity contribution in [3.8, 4) is 0 Å². The van der Waals surface area contributed by atoms with Crippen LogP contribution in [-0.4, -0.2) is 24.0 Å². The molecule has 0 saturated heterocycles. The summed E-state index contributed by atoms with van der Waals surface area (Å²) in [5.74, 6) is 2.24. The van der Waals surface area contributed by atoms with Gasteiger partial charge in [-0.25, -0.2) is 9.98 Å². The monoisotopic (exact) mass is 362 g/mol. The first-order chi connectivity index (χ1) is 11.9. The SMILES string of the molecule is CCNC(=NCc1ncc(C(C)(C)C)o1)NCCc1cccc(Cl)c1. The Morgan fingerprint density at radius 3 is 2.72 bits per heavy atom. The van der Waals surface area contributed by atoms with Crippen molar-refractivity contribution in [1.29, 1.82) is 0 Å². The molecule has 25 heavy (non-hydrogen) atoms. The molecular weight excluding hydrogens is 336 g/mol. The summed E-state index contributed by atoms with van der Waals surface area (Å²) < 4.78 is 5.78. The summed E-state index contributed by atoms with van der Waals surface area (Å²) >= 11 is 6.01. The van der Waals surface area contributed by atoms with Crippen molar-refractivity contribution in [3.05, 3.63) is 52.7 Å². The zero-order chi connectivity index (χ0) is 18.3. The molecule has 1 aromatic heterocycles. The molecule has 0 aliphatic heterocycles. The third kappa shape index (κ3) is 6.42. The first-order valence-corrected chi connectivity index (χ1v) is 8.98. The van der Waals surface area contributed by atoms with Crippen LogP contribution in [-0.2, 0) is 18.4 Å². The van der Waals surface area contributed by atoms with E-state index >= 15 is 0 Å². The van der Waals surface area contributed by atoms with E-state index in [1.54, 1.807) is 6.20 Å². The van der Waals surface area contributed by atoms with E-state index in [0.717, 1.165) is 36.3 Å². The van der Waals surface area contributed by atoms with Gasteiger partial charge in [-0.3, -0.25) is 0 Å². The van der Waals surface area contributed by atoms with E-state index in [1.165, 1.54) is 5.56 Å². The van der Waals surface area contributed by atoms with Gasteiger partial charge in [-0.2, -0.15) is 0 Å². The van der Waals surface area contributed by atoms with Crippen molar-refractivity contribution in [1.82, 2.24) is 15.6 Å². The molecule has 0 fully saturated rings. The van der Waals surface area contributed by atoms with Crippen LogP contribution in [0.25, 0.3) is 0 Å². The Morgan fingerprint density at radius 1 is 1.28 bits per heavy atom. The van der Waals surface area contributed by atoms with E-state index in [1.807, 2.05) is 25.1 Å². The Morgan fingerprint density at radius 2 is 2.08 bits per heavy atom. The zero-order valence-electron chi connectivity index (χ0n) is 15.4. The zero-order valence-corrected chi connectivity index (χ0v) is 16.2. The molecule has 136 valence electrons. The molecule has 6 heteroatoms. The van der Waals surface area contributed by atoms with Gasteiger partial charge in [0.25, 0.3) is 0 Å². The van der Waals surface area contributed by atoms with E-state index < -0.39 is 0 Å². The minimum Gasteiger partial charge on any atom is -0.443 e. The van der Waals surface area contributed by atoms with Crippen molar-refractivity contribution in [2.75, 3.05) is 13.1 Å². The number of benzene rings is 1. The fraction of sp³-hybridized carbons (Fsp3) is 0.474. The number of oxazole rings is 1. The average molecular weight is 363 g/mol. The molecule has 0 spiro atoms. The Bertz CT molecular complexity index is 703. The van der Waals surface area contributed by atoms with Crippen LogP contribution in [0.4, 0.5) is 0 Å². The third-order valence-electron chi connectivity index (χ3n) is 3.60.